The zero-order valence-electron chi connectivity index (χ0n) is 13.0. The van der Waals surface area contributed by atoms with Gasteiger partial charge in [-0.2, -0.15) is 0 Å². The van der Waals surface area contributed by atoms with Gasteiger partial charge < -0.3 is 15.7 Å². The molecule has 0 heterocycles. The molecule has 5 nitrogen and oxygen atoms in total. The number of carboxylic acid groups (broad SMARTS) is 1. The molecule has 0 spiro atoms. The Balaban J connectivity index is 2.51. The number of hydrogen-bond acceptors (Lipinski definition) is 2. The molecule has 1 aliphatic rings. The van der Waals surface area contributed by atoms with E-state index in [2.05, 4.69) is 24.5 Å². The van der Waals surface area contributed by atoms with Crippen molar-refractivity contribution in [2.75, 3.05) is 0 Å². The van der Waals surface area contributed by atoms with Crippen LogP contribution >= 0.6 is 0 Å². The average Bonchev–Trinajstić information content (AvgIpc) is 2.33. The molecular weight excluding hydrogens is 256 g/mol. The highest BCUT2D eigenvalue weighted by Crippen LogP contribution is 2.34. The third-order valence-corrected chi connectivity index (χ3v) is 4.31. The van der Waals surface area contributed by atoms with Crippen LogP contribution in [0.2, 0.25) is 0 Å². The second kappa shape index (κ2) is 6.95. The maximum atomic E-state index is 12.0. The molecule has 0 aromatic heterocycles. The van der Waals surface area contributed by atoms with Crippen LogP contribution in [0.3, 0.4) is 0 Å². The maximum absolute atomic E-state index is 12.0. The lowest BCUT2D eigenvalue weighted by Gasteiger charge is -2.35. The van der Waals surface area contributed by atoms with Crippen LogP contribution in [0.1, 0.15) is 59.8 Å². The standard InChI is InChI=1S/C15H28N2O3/c1-5-10(2)12(13(18)19)17-14(20)16-11-7-6-8-15(3,4)9-11/h10-12H,5-9H2,1-4H3,(H,18,19)(H2,16,17,20)/t10?,11?,12-/m0/s1. The molecule has 0 bridgehead atoms. The van der Waals surface area contributed by atoms with Crippen LogP contribution in [-0.2, 0) is 4.79 Å². The molecule has 116 valence electrons. The van der Waals surface area contributed by atoms with Gasteiger partial charge in [0.25, 0.3) is 0 Å². The van der Waals surface area contributed by atoms with Crippen LogP contribution in [0, 0.1) is 11.3 Å². The molecule has 0 saturated heterocycles. The third kappa shape index (κ3) is 5.02. The van der Waals surface area contributed by atoms with Crippen LogP contribution in [0.5, 0.6) is 0 Å². The zero-order valence-corrected chi connectivity index (χ0v) is 13.0. The van der Waals surface area contributed by atoms with E-state index in [0.717, 1.165) is 19.3 Å². The Morgan fingerprint density at radius 1 is 1.40 bits per heavy atom. The number of nitrogens with one attached hydrogen (secondary N) is 2. The lowest BCUT2D eigenvalue weighted by molar-refractivity contribution is -0.140. The summed E-state index contributed by atoms with van der Waals surface area (Å²) in [4.78, 5) is 23.2. The quantitative estimate of drug-likeness (QED) is 0.726. The predicted molar refractivity (Wildman–Crippen MR) is 78.6 cm³/mol. The van der Waals surface area contributed by atoms with Crippen LogP contribution in [0.15, 0.2) is 0 Å². The molecule has 0 aromatic carbocycles. The molecule has 0 aromatic rings. The highest BCUT2D eigenvalue weighted by atomic mass is 16.4. The van der Waals surface area contributed by atoms with Gasteiger partial charge in [-0.25, -0.2) is 9.59 Å². The van der Waals surface area contributed by atoms with Crippen LogP contribution in [-0.4, -0.2) is 29.2 Å². The normalized spacial score (nSPS) is 24.5. The summed E-state index contributed by atoms with van der Waals surface area (Å²) in [5.74, 6) is -1.06. The van der Waals surface area contributed by atoms with E-state index in [-0.39, 0.29) is 23.4 Å². The first kappa shape index (κ1) is 16.8. The van der Waals surface area contributed by atoms with Gasteiger partial charge in [-0.15, -0.1) is 0 Å². The van der Waals surface area contributed by atoms with Gasteiger partial charge in [0.15, 0.2) is 0 Å². The fourth-order valence-corrected chi connectivity index (χ4v) is 2.87. The third-order valence-electron chi connectivity index (χ3n) is 4.31. The van der Waals surface area contributed by atoms with Gasteiger partial charge in [-0.1, -0.05) is 40.5 Å². The molecule has 1 saturated carbocycles. The molecule has 3 atom stereocenters. The van der Waals surface area contributed by atoms with Gasteiger partial charge in [-0.3, -0.25) is 0 Å². The summed E-state index contributed by atoms with van der Waals surface area (Å²) in [6.07, 6.45) is 4.91. The molecule has 1 rings (SSSR count). The van der Waals surface area contributed by atoms with Crippen molar-refractivity contribution in [3.05, 3.63) is 0 Å². The Labute approximate surface area is 121 Å². The highest BCUT2D eigenvalue weighted by Gasteiger charge is 2.30. The Kier molecular flexibility index (Phi) is 5.84. The van der Waals surface area contributed by atoms with Crippen LogP contribution < -0.4 is 10.6 Å². The first-order valence-electron chi connectivity index (χ1n) is 7.55. The minimum atomic E-state index is -0.974. The van der Waals surface area contributed by atoms with Crippen molar-refractivity contribution in [3.8, 4) is 0 Å². The van der Waals surface area contributed by atoms with Crippen molar-refractivity contribution in [2.24, 2.45) is 11.3 Å². The summed E-state index contributed by atoms with van der Waals surface area (Å²) < 4.78 is 0. The summed E-state index contributed by atoms with van der Waals surface area (Å²) in [6.45, 7) is 8.17. The monoisotopic (exact) mass is 284 g/mol. The first-order chi connectivity index (χ1) is 9.25. The number of amides is 2. The van der Waals surface area contributed by atoms with Crippen molar-refractivity contribution in [1.82, 2.24) is 10.6 Å². The summed E-state index contributed by atoms with van der Waals surface area (Å²) in [7, 11) is 0. The molecule has 0 radical (unpaired) electrons. The van der Waals surface area contributed by atoms with Crippen LogP contribution in [0.4, 0.5) is 4.79 Å². The summed E-state index contributed by atoms with van der Waals surface area (Å²) >= 11 is 0. The Hall–Kier alpha value is -1.26. The van der Waals surface area contributed by atoms with Crippen molar-refractivity contribution in [3.63, 3.8) is 0 Å². The second-order valence-corrected chi connectivity index (χ2v) is 6.78. The summed E-state index contributed by atoms with van der Waals surface area (Å²) in [6, 6.07) is -1.04. The Morgan fingerprint density at radius 3 is 2.55 bits per heavy atom. The number of carbonyl (C=O) groups is 2. The second-order valence-electron chi connectivity index (χ2n) is 6.78. The highest BCUT2D eigenvalue weighted by molar-refractivity contribution is 5.82. The predicted octanol–water partition coefficient (Wildman–Crippen LogP) is 2.75. The first-order valence-corrected chi connectivity index (χ1v) is 7.55. The maximum Gasteiger partial charge on any atom is 0.326 e. The zero-order chi connectivity index (χ0) is 15.3. The van der Waals surface area contributed by atoms with Crippen LogP contribution in [0.25, 0.3) is 0 Å². The Bertz CT molecular complexity index is 355. The summed E-state index contributed by atoms with van der Waals surface area (Å²) in [5.41, 5.74) is 0.249. The fourth-order valence-electron chi connectivity index (χ4n) is 2.87. The van der Waals surface area contributed by atoms with E-state index in [1.807, 2.05) is 13.8 Å². The topological polar surface area (TPSA) is 78.4 Å². The number of rotatable bonds is 5. The lowest BCUT2D eigenvalue weighted by atomic mass is 9.75. The largest absolute Gasteiger partial charge is 0.480 e. The van der Waals surface area contributed by atoms with E-state index in [4.69, 9.17) is 0 Å². The number of carbonyl (C=O) groups excluding carboxylic acids is 1. The van der Waals surface area contributed by atoms with E-state index in [1.165, 1.54) is 6.42 Å². The van der Waals surface area contributed by atoms with Gasteiger partial charge in [0.1, 0.15) is 6.04 Å². The van der Waals surface area contributed by atoms with E-state index in [1.54, 1.807) is 0 Å². The molecule has 3 N–H and O–H groups in total. The number of aliphatic carboxylic acids is 1. The number of carboxylic acids is 1. The number of hydrogen-bond donors (Lipinski definition) is 3. The number of urea groups is 1. The average molecular weight is 284 g/mol. The fraction of sp³-hybridized carbons (Fsp3) is 0.867. The van der Waals surface area contributed by atoms with Crippen molar-refractivity contribution < 1.29 is 14.7 Å². The molecule has 2 amide bonds. The van der Waals surface area contributed by atoms with Gasteiger partial charge in [0.2, 0.25) is 0 Å². The van der Waals surface area contributed by atoms with Crippen molar-refractivity contribution in [1.29, 1.82) is 0 Å². The Morgan fingerprint density at radius 2 is 2.05 bits per heavy atom. The minimum absolute atomic E-state index is 0.0824. The molecule has 1 aliphatic carbocycles. The molecule has 1 fully saturated rings. The van der Waals surface area contributed by atoms with E-state index in [9.17, 15) is 14.7 Å². The molecule has 0 aliphatic heterocycles. The molecule has 20 heavy (non-hydrogen) atoms. The SMILES string of the molecule is CCC(C)[C@H](NC(=O)NC1CCCC(C)(C)C1)C(=O)O. The van der Waals surface area contributed by atoms with E-state index >= 15 is 0 Å². The van der Waals surface area contributed by atoms with Crippen molar-refractivity contribution in [2.45, 2.75) is 71.9 Å². The van der Waals surface area contributed by atoms with Gasteiger partial charge in [0, 0.05) is 6.04 Å². The molecule has 5 heteroatoms. The lowest BCUT2D eigenvalue weighted by Crippen LogP contribution is -2.52. The van der Waals surface area contributed by atoms with E-state index < -0.39 is 12.0 Å². The van der Waals surface area contributed by atoms with Gasteiger partial charge in [0.05, 0.1) is 0 Å². The smallest absolute Gasteiger partial charge is 0.326 e. The molecular formula is C15H28N2O3. The van der Waals surface area contributed by atoms with E-state index in [0.29, 0.717) is 6.42 Å². The summed E-state index contributed by atoms with van der Waals surface area (Å²) in [5, 5.41) is 14.7. The van der Waals surface area contributed by atoms with Crippen molar-refractivity contribution >= 4 is 12.0 Å². The molecule has 2 unspecified atom stereocenters. The van der Waals surface area contributed by atoms with Gasteiger partial charge >= 0.3 is 12.0 Å². The minimum Gasteiger partial charge on any atom is -0.480 e. The van der Waals surface area contributed by atoms with Gasteiger partial charge in [-0.05, 0) is 30.6 Å².